The first kappa shape index (κ1) is 41.4. The molecule has 0 aliphatic rings. The van der Waals surface area contributed by atoms with Crippen LogP contribution in [0.25, 0.3) is 0 Å². The average molecular weight is 612 g/mol. The number of carbonyl (C=O) groups is 3. The highest BCUT2D eigenvalue weighted by Gasteiger charge is 2.14. The van der Waals surface area contributed by atoms with Crippen LogP contribution in [0.5, 0.6) is 0 Å². The van der Waals surface area contributed by atoms with E-state index in [1.807, 2.05) is 0 Å². The molecule has 7 heteroatoms. The zero-order valence-electron chi connectivity index (χ0n) is 28.5. The van der Waals surface area contributed by atoms with E-state index in [2.05, 4.69) is 25.7 Å². The maximum absolute atomic E-state index is 12.3. The van der Waals surface area contributed by atoms with Crippen LogP contribution in [0.2, 0.25) is 0 Å². The van der Waals surface area contributed by atoms with E-state index in [4.69, 9.17) is 14.6 Å². The smallest absolute Gasteiger partial charge is 0.306 e. The molecule has 1 unspecified atom stereocenters. The fourth-order valence-electron chi connectivity index (χ4n) is 5.38. The normalized spacial score (nSPS) is 12.0. The molecule has 0 rings (SSSR count). The summed E-state index contributed by atoms with van der Waals surface area (Å²) < 4.78 is 11.1. The van der Waals surface area contributed by atoms with E-state index in [1.165, 1.54) is 32.1 Å². The maximum Gasteiger partial charge on any atom is 0.306 e. The van der Waals surface area contributed by atoms with E-state index >= 15 is 0 Å². The highest BCUT2D eigenvalue weighted by molar-refractivity contribution is 5.69. The summed E-state index contributed by atoms with van der Waals surface area (Å²) in [6.45, 7) is 9.59. The molecule has 0 aromatic heterocycles. The molecule has 0 fully saturated rings. The van der Waals surface area contributed by atoms with Crippen LogP contribution in [0.1, 0.15) is 181 Å². The van der Waals surface area contributed by atoms with Gasteiger partial charge in [0.25, 0.3) is 0 Å². The molecule has 0 aliphatic carbocycles. The molecule has 1 N–H and O–H groups in total. The summed E-state index contributed by atoms with van der Waals surface area (Å²) >= 11 is 0. The van der Waals surface area contributed by atoms with Crippen LogP contribution >= 0.6 is 0 Å². The number of aliphatic carboxylic acids is 1. The first-order chi connectivity index (χ1) is 20.9. The maximum atomic E-state index is 12.3. The number of carboxylic acids is 1. The molecular formula is C36H69NO6. The molecule has 0 aliphatic heterocycles. The Kier molecular flexibility index (Phi) is 30.6. The van der Waals surface area contributed by atoms with E-state index in [9.17, 15) is 14.4 Å². The third-order valence-corrected chi connectivity index (χ3v) is 8.17. The highest BCUT2D eigenvalue weighted by Crippen LogP contribution is 2.16. The Labute approximate surface area is 265 Å². The van der Waals surface area contributed by atoms with Gasteiger partial charge in [0.1, 0.15) is 6.10 Å². The van der Waals surface area contributed by atoms with Crippen LogP contribution in [0.15, 0.2) is 0 Å². The summed E-state index contributed by atoms with van der Waals surface area (Å²) in [5.41, 5.74) is 0. The second-order valence-electron chi connectivity index (χ2n) is 12.4. The van der Waals surface area contributed by atoms with Gasteiger partial charge in [-0.3, -0.25) is 14.4 Å². The van der Waals surface area contributed by atoms with Crippen LogP contribution in [0.4, 0.5) is 0 Å². The molecular weight excluding hydrogens is 542 g/mol. The Balaban J connectivity index is 3.96. The topological polar surface area (TPSA) is 93.1 Å². The summed E-state index contributed by atoms with van der Waals surface area (Å²) in [5, 5.41) is 9.14. The van der Waals surface area contributed by atoms with Gasteiger partial charge >= 0.3 is 17.9 Å². The van der Waals surface area contributed by atoms with Crippen molar-refractivity contribution in [3.8, 4) is 0 Å². The van der Waals surface area contributed by atoms with E-state index < -0.39 is 5.97 Å². The van der Waals surface area contributed by atoms with E-state index in [1.54, 1.807) is 0 Å². The number of nitrogens with zero attached hydrogens (tertiary/aromatic N) is 1. The van der Waals surface area contributed by atoms with E-state index in [-0.39, 0.29) is 24.5 Å². The number of hydrogen-bond acceptors (Lipinski definition) is 6. The lowest BCUT2D eigenvalue weighted by Crippen LogP contribution is -2.28. The molecule has 1 atom stereocenters. The minimum absolute atomic E-state index is 0.0365. The molecule has 0 saturated heterocycles. The van der Waals surface area contributed by atoms with Crippen molar-refractivity contribution in [2.75, 3.05) is 26.2 Å². The van der Waals surface area contributed by atoms with Crippen molar-refractivity contribution in [3.05, 3.63) is 0 Å². The minimum atomic E-state index is -0.743. The number of rotatable bonds is 33. The lowest BCUT2D eigenvalue weighted by molar-refractivity contribution is -0.150. The summed E-state index contributed by atoms with van der Waals surface area (Å²) in [7, 11) is 0. The van der Waals surface area contributed by atoms with E-state index in [0.29, 0.717) is 26.0 Å². The fraction of sp³-hybridized carbons (Fsp3) is 0.917. The molecule has 7 nitrogen and oxygen atoms in total. The van der Waals surface area contributed by atoms with Crippen molar-refractivity contribution in [1.29, 1.82) is 0 Å². The predicted octanol–water partition coefficient (Wildman–Crippen LogP) is 9.64. The van der Waals surface area contributed by atoms with Crippen molar-refractivity contribution in [2.24, 2.45) is 0 Å². The van der Waals surface area contributed by atoms with Crippen LogP contribution in [-0.4, -0.2) is 60.3 Å². The first-order valence-electron chi connectivity index (χ1n) is 18.2. The molecule has 0 saturated carbocycles. The van der Waals surface area contributed by atoms with Gasteiger partial charge < -0.3 is 19.5 Å². The van der Waals surface area contributed by atoms with Crippen LogP contribution in [-0.2, 0) is 23.9 Å². The van der Waals surface area contributed by atoms with Crippen LogP contribution in [0, 0.1) is 0 Å². The van der Waals surface area contributed by atoms with Crippen molar-refractivity contribution in [2.45, 2.75) is 187 Å². The van der Waals surface area contributed by atoms with Crippen molar-refractivity contribution in [1.82, 2.24) is 4.90 Å². The molecule has 43 heavy (non-hydrogen) atoms. The zero-order chi connectivity index (χ0) is 31.8. The lowest BCUT2D eigenvalue weighted by atomic mass is 10.1. The van der Waals surface area contributed by atoms with Crippen LogP contribution < -0.4 is 0 Å². The average Bonchev–Trinajstić information content (AvgIpc) is 2.98. The van der Waals surface area contributed by atoms with Gasteiger partial charge in [0.05, 0.1) is 13.0 Å². The van der Waals surface area contributed by atoms with E-state index in [0.717, 1.165) is 122 Å². The summed E-state index contributed by atoms with van der Waals surface area (Å²) in [6, 6.07) is 0. The molecule has 0 amide bonds. The summed E-state index contributed by atoms with van der Waals surface area (Å²) in [6.07, 6.45) is 25.2. The Morgan fingerprint density at radius 2 is 1.02 bits per heavy atom. The Bertz CT molecular complexity index is 656. The Morgan fingerprint density at radius 1 is 0.535 bits per heavy atom. The molecule has 0 spiro atoms. The molecule has 254 valence electrons. The minimum Gasteiger partial charge on any atom is -0.481 e. The highest BCUT2D eigenvalue weighted by atomic mass is 16.5. The second kappa shape index (κ2) is 31.8. The molecule has 0 aromatic carbocycles. The van der Waals surface area contributed by atoms with Gasteiger partial charge in [-0.1, -0.05) is 111 Å². The fourth-order valence-corrected chi connectivity index (χ4v) is 5.38. The number of carboxylic acid groups (broad SMARTS) is 1. The zero-order valence-corrected chi connectivity index (χ0v) is 28.5. The summed E-state index contributed by atoms with van der Waals surface area (Å²) in [4.78, 5) is 37.6. The monoisotopic (exact) mass is 612 g/mol. The van der Waals surface area contributed by atoms with Gasteiger partial charge in [0.2, 0.25) is 0 Å². The summed E-state index contributed by atoms with van der Waals surface area (Å²) in [5.74, 6) is -0.846. The Hall–Kier alpha value is -1.63. The second-order valence-corrected chi connectivity index (χ2v) is 12.4. The Morgan fingerprint density at radius 3 is 1.63 bits per heavy atom. The van der Waals surface area contributed by atoms with Crippen molar-refractivity contribution >= 4 is 17.9 Å². The molecule has 0 radical (unpaired) electrons. The number of ether oxygens (including phenoxy) is 2. The van der Waals surface area contributed by atoms with Gasteiger partial charge in [-0.15, -0.1) is 0 Å². The number of unbranched alkanes of at least 4 members (excludes halogenated alkanes) is 15. The van der Waals surface area contributed by atoms with Gasteiger partial charge in [0.15, 0.2) is 0 Å². The van der Waals surface area contributed by atoms with Crippen LogP contribution in [0.3, 0.4) is 0 Å². The number of esters is 2. The van der Waals surface area contributed by atoms with Gasteiger partial charge in [0, 0.05) is 19.4 Å². The van der Waals surface area contributed by atoms with Gasteiger partial charge in [-0.25, -0.2) is 0 Å². The molecule has 0 bridgehead atoms. The SMILES string of the molecule is CCCCCCCOC(=O)CCCCCCCN(CCCCCCCC(=O)OC(CCCC)CCCCC)CCC(=O)O. The largest absolute Gasteiger partial charge is 0.481 e. The van der Waals surface area contributed by atoms with Gasteiger partial charge in [-0.05, 0) is 64.5 Å². The predicted molar refractivity (Wildman–Crippen MR) is 177 cm³/mol. The standard InChI is InChI=1S/C36H69NO6/c1-4-7-10-17-23-32-42-35(40)26-19-13-11-15-21-29-37(31-28-34(38)39)30-22-16-12-14-20-27-36(41)43-33(24-9-6-3)25-18-8-5-2/h33H,4-32H2,1-3H3,(H,38,39). The third-order valence-electron chi connectivity index (χ3n) is 8.17. The van der Waals surface area contributed by atoms with Crippen molar-refractivity contribution < 1.29 is 29.0 Å². The number of hydrogen-bond donors (Lipinski definition) is 1. The lowest BCUT2D eigenvalue weighted by Gasteiger charge is -2.21. The molecule has 0 heterocycles. The van der Waals surface area contributed by atoms with Gasteiger partial charge in [-0.2, -0.15) is 0 Å². The first-order valence-corrected chi connectivity index (χ1v) is 18.2. The number of carbonyl (C=O) groups excluding carboxylic acids is 2. The molecule has 0 aromatic rings. The third kappa shape index (κ3) is 30.2. The van der Waals surface area contributed by atoms with Crippen molar-refractivity contribution in [3.63, 3.8) is 0 Å². The quantitative estimate of drug-likeness (QED) is 0.0583.